The molecule has 4 amide bonds. The Hall–Kier alpha value is -2.12. The lowest BCUT2D eigenvalue weighted by atomic mass is 9.87. The fourth-order valence-electron chi connectivity index (χ4n) is 1.64. The molecule has 106 valence electrons. The van der Waals surface area contributed by atoms with E-state index in [1.807, 2.05) is 0 Å². The van der Waals surface area contributed by atoms with Gasteiger partial charge in [0.1, 0.15) is 19.1 Å². The normalized spacial score (nSPS) is 17.7. The first kappa shape index (κ1) is 14.9. The van der Waals surface area contributed by atoms with Gasteiger partial charge >= 0.3 is 12.0 Å². The maximum atomic E-state index is 11.9. The summed E-state index contributed by atoms with van der Waals surface area (Å²) in [5, 5.41) is 13.5. The predicted octanol–water partition coefficient (Wildman–Crippen LogP) is -0.846. The highest BCUT2D eigenvalue weighted by molar-refractivity contribution is 6.02. The molecule has 0 spiro atoms. The molecule has 1 aliphatic rings. The van der Waals surface area contributed by atoms with Crippen molar-refractivity contribution in [2.75, 3.05) is 13.1 Å². The fourth-order valence-corrected chi connectivity index (χ4v) is 1.64. The summed E-state index contributed by atoms with van der Waals surface area (Å²) in [6, 6.07) is -1.86. The van der Waals surface area contributed by atoms with Crippen LogP contribution in [0, 0.1) is 5.41 Å². The highest BCUT2D eigenvalue weighted by Gasteiger charge is 2.35. The van der Waals surface area contributed by atoms with E-state index < -0.39 is 35.3 Å². The van der Waals surface area contributed by atoms with Crippen molar-refractivity contribution in [2.45, 2.75) is 26.8 Å². The van der Waals surface area contributed by atoms with Gasteiger partial charge in [-0.05, 0) is 5.41 Å². The van der Waals surface area contributed by atoms with E-state index in [-0.39, 0.29) is 13.1 Å². The van der Waals surface area contributed by atoms with Gasteiger partial charge in [-0.1, -0.05) is 20.8 Å². The predicted molar refractivity (Wildman–Crippen MR) is 64.1 cm³/mol. The van der Waals surface area contributed by atoms with Gasteiger partial charge in [-0.2, -0.15) is 0 Å². The van der Waals surface area contributed by atoms with Crippen LogP contribution >= 0.6 is 0 Å². The quantitative estimate of drug-likeness (QED) is 0.566. The standard InChI is InChI=1S/C11H17N3O5/c1-11(2,3)8(9(17)18)13-10(19)14-4-6(15)12-7(16)5-14/h8H,4-5H2,1-3H3,(H,13,19)(H,17,18)(H,12,15,16)/t8-/m0/s1. The zero-order chi connectivity index (χ0) is 14.8. The molecule has 0 unspecified atom stereocenters. The van der Waals surface area contributed by atoms with Crippen LogP contribution in [0.3, 0.4) is 0 Å². The van der Waals surface area contributed by atoms with Gasteiger partial charge in [-0.25, -0.2) is 9.59 Å². The van der Waals surface area contributed by atoms with Crippen molar-refractivity contribution in [2.24, 2.45) is 5.41 Å². The van der Waals surface area contributed by atoms with E-state index in [1.165, 1.54) is 0 Å². The molecule has 0 aliphatic carbocycles. The smallest absolute Gasteiger partial charge is 0.326 e. The van der Waals surface area contributed by atoms with Crippen LogP contribution in [-0.2, 0) is 14.4 Å². The number of amides is 4. The SMILES string of the molecule is CC(C)(C)[C@@H](NC(=O)N1CC(=O)NC(=O)C1)C(=O)O. The largest absolute Gasteiger partial charge is 0.480 e. The molecule has 0 aromatic rings. The average molecular weight is 271 g/mol. The number of imide groups is 1. The second-order valence-electron chi connectivity index (χ2n) is 5.41. The number of hydrogen-bond donors (Lipinski definition) is 3. The van der Waals surface area contributed by atoms with Crippen LogP contribution < -0.4 is 10.6 Å². The molecule has 1 rings (SSSR count). The molecule has 1 heterocycles. The zero-order valence-corrected chi connectivity index (χ0v) is 11.0. The van der Waals surface area contributed by atoms with Crippen LogP contribution in [0.4, 0.5) is 4.79 Å². The molecule has 8 heteroatoms. The van der Waals surface area contributed by atoms with Gasteiger partial charge in [-0.15, -0.1) is 0 Å². The Balaban J connectivity index is 2.75. The Morgan fingerprint density at radius 1 is 1.26 bits per heavy atom. The van der Waals surface area contributed by atoms with E-state index in [9.17, 15) is 19.2 Å². The highest BCUT2D eigenvalue weighted by Crippen LogP contribution is 2.19. The first-order valence-corrected chi connectivity index (χ1v) is 5.72. The molecule has 0 saturated carbocycles. The van der Waals surface area contributed by atoms with Crippen LogP contribution in [-0.4, -0.2) is 53.0 Å². The topological polar surface area (TPSA) is 116 Å². The van der Waals surface area contributed by atoms with Crippen molar-refractivity contribution in [3.8, 4) is 0 Å². The van der Waals surface area contributed by atoms with Crippen molar-refractivity contribution in [3.63, 3.8) is 0 Å². The molecule has 19 heavy (non-hydrogen) atoms. The van der Waals surface area contributed by atoms with Gasteiger partial charge < -0.3 is 15.3 Å². The molecule has 1 saturated heterocycles. The summed E-state index contributed by atoms with van der Waals surface area (Å²) < 4.78 is 0. The van der Waals surface area contributed by atoms with Crippen molar-refractivity contribution in [1.82, 2.24) is 15.5 Å². The van der Waals surface area contributed by atoms with Crippen molar-refractivity contribution < 1.29 is 24.3 Å². The number of nitrogens with zero attached hydrogens (tertiary/aromatic N) is 1. The summed E-state index contributed by atoms with van der Waals surface area (Å²) in [5.74, 6) is -2.35. The first-order valence-electron chi connectivity index (χ1n) is 5.72. The third kappa shape index (κ3) is 3.94. The van der Waals surface area contributed by atoms with E-state index in [4.69, 9.17) is 5.11 Å². The fraction of sp³-hybridized carbons (Fsp3) is 0.636. The van der Waals surface area contributed by atoms with Gasteiger partial charge in [0.15, 0.2) is 0 Å². The average Bonchev–Trinajstić information content (AvgIpc) is 2.21. The monoisotopic (exact) mass is 271 g/mol. The number of urea groups is 1. The van der Waals surface area contributed by atoms with E-state index in [0.29, 0.717) is 0 Å². The second-order valence-corrected chi connectivity index (χ2v) is 5.41. The minimum Gasteiger partial charge on any atom is -0.480 e. The lowest BCUT2D eigenvalue weighted by Gasteiger charge is -2.31. The van der Waals surface area contributed by atoms with Crippen LogP contribution in [0.2, 0.25) is 0 Å². The molecule has 1 fully saturated rings. The maximum Gasteiger partial charge on any atom is 0.326 e. The number of carbonyl (C=O) groups is 4. The molecule has 0 bridgehead atoms. The second kappa shape index (κ2) is 5.25. The molecule has 1 atom stereocenters. The summed E-state index contributed by atoms with van der Waals surface area (Å²) in [7, 11) is 0. The van der Waals surface area contributed by atoms with Crippen molar-refractivity contribution in [1.29, 1.82) is 0 Å². The molecular formula is C11H17N3O5. The van der Waals surface area contributed by atoms with Crippen LogP contribution in [0.15, 0.2) is 0 Å². The van der Waals surface area contributed by atoms with Gasteiger partial charge in [-0.3, -0.25) is 14.9 Å². The van der Waals surface area contributed by atoms with Gasteiger partial charge in [0, 0.05) is 0 Å². The summed E-state index contributed by atoms with van der Waals surface area (Å²) >= 11 is 0. The van der Waals surface area contributed by atoms with Crippen LogP contribution in [0.5, 0.6) is 0 Å². The Morgan fingerprint density at radius 3 is 2.11 bits per heavy atom. The van der Waals surface area contributed by atoms with E-state index in [0.717, 1.165) is 4.90 Å². The van der Waals surface area contributed by atoms with Gasteiger partial charge in [0.05, 0.1) is 0 Å². The lowest BCUT2D eigenvalue weighted by molar-refractivity contribution is -0.142. The first-order chi connectivity index (χ1) is 8.61. The number of aliphatic carboxylic acids is 1. The number of carboxylic acids is 1. The summed E-state index contributed by atoms with van der Waals surface area (Å²) in [6.07, 6.45) is 0. The van der Waals surface area contributed by atoms with E-state index >= 15 is 0 Å². The Kier molecular flexibility index (Phi) is 4.13. The molecule has 0 radical (unpaired) electrons. The van der Waals surface area contributed by atoms with Crippen molar-refractivity contribution in [3.05, 3.63) is 0 Å². The number of nitrogens with one attached hydrogen (secondary N) is 2. The van der Waals surface area contributed by atoms with Crippen molar-refractivity contribution >= 4 is 23.8 Å². The highest BCUT2D eigenvalue weighted by atomic mass is 16.4. The lowest BCUT2D eigenvalue weighted by Crippen LogP contribution is -2.59. The van der Waals surface area contributed by atoms with E-state index in [2.05, 4.69) is 10.6 Å². The molecule has 1 aliphatic heterocycles. The van der Waals surface area contributed by atoms with Gasteiger partial charge in [0.25, 0.3) is 0 Å². The molecule has 0 aromatic heterocycles. The number of piperazine rings is 1. The Bertz CT molecular complexity index is 411. The van der Waals surface area contributed by atoms with Crippen LogP contribution in [0.25, 0.3) is 0 Å². The number of carboxylic acid groups (broad SMARTS) is 1. The summed E-state index contributed by atoms with van der Waals surface area (Å²) in [4.78, 5) is 46.2. The minimum atomic E-state index is -1.17. The molecule has 8 nitrogen and oxygen atoms in total. The summed E-state index contributed by atoms with van der Waals surface area (Å²) in [6.45, 7) is 4.46. The summed E-state index contributed by atoms with van der Waals surface area (Å²) in [5.41, 5.74) is -0.691. The van der Waals surface area contributed by atoms with Crippen LogP contribution in [0.1, 0.15) is 20.8 Å². The third-order valence-corrected chi connectivity index (χ3v) is 2.62. The third-order valence-electron chi connectivity index (χ3n) is 2.62. The number of rotatable bonds is 2. The molecule has 0 aromatic carbocycles. The zero-order valence-electron chi connectivity index (χ0n) is 11.0. The maximum absolute atomic E-state index is 11.9. The van der Waals surface area contributed by atoms with E-state index in [1.54, 1.807) is 20.8 Å². The minimum absolute atomic E-state index is 0.270. The molecule has 3 N–H and O–H groups in total. The Morgan fingerprint density at radius 2 is 1.74 bits per heavy atom. The van der Waals surface area contributed by atoms with Gasteiger partial charge in [0.2, 0.25) is 11.8 Å². The number of carbonyl (C=O) groups excluding carboxylic acids is 3. The molecular weight excluding hydrogens is 254 g/mol. The Labute approximate surface area is 110 Å². The number of hydrogen-bond acceptors (Lipinski definition) is 4.